The molecule has 0 bridgehead atoms. The van der Waals surface area contributed by atoms with Gasteiger partial charge >= 0.3 is 6.09 Å². The van der Waals surface area contributed by atoms with Crippen LogP contribution in [0.5, 0.6) is 0 Å². The van der Waals surface area contributed by atoms with Crippen molar-refractivity contribution < 1.29 is 19.1 Å². The summed E-state index contributed by atoms with van der Waals surface area (Å²) >= 11 is 0. The predicted molar refractivity (Wildman–Crippen MR) is 102 cm³/mol. The molecule has 0 saturated carbocycles. The number of aromatic nitrogens is 2. The van der Waals surface area contributed by atoms with Gasteiger partial charge in [0.2, 0.25) is 5.82 Å². The van der Waals surface area contributed by atoms with Crippen molar-refractivity contribution in [3.63, 3.8) is 0 Å². The van der Waals surface area contributed by atoms with Crippen molar-refractivity contribution in [3.8, 4) is 0 Å². The van der Waals surface area contributed by atoms with E-state index in [9.17, 15) is 14.4 Å². The summed E-state index contributed by atoms with van der Waals surface area (Å²) in [6.07, 6.45) is 1.35. The number of nitrogens with one attached hydrogen (secondary N) is 1. The topological polar surface area (TPSA) is 96.2 Å². The number of rotatable bonds is 4. The summed E-state index contributed by atoms with van der Waals surface area (Å²) in [5.74, 6) is -0.406. The third kappa shape index (κ3) is 3.92. The molecule has 28 heavy (non-hydrogen) atoms. The number of imidazole rings is 1. The van der Waals surface area contributed by atoms with Crippen LogP contribution in [-0.2, 0) is 4.74 Å². The van der Waals surface area contributed by atoms with Crippen LogP contribution in [0.3, 0.4) is 0 Å². The lowest BCUT2D eigenvalue weighted by molar-refractivity contribution is 0.0568. The van der Waals surface area contributed by atoms with Crippen LogP contribution in [0.2, 0.25) is 0 Å². The SMILES string of the molecule is CCOC(=O)N1CCN(C(=O)c2nc(C(=O)NC(C)C)n3ccccc23)CC1. The second-order valence-electron chi connectivity index (χ2n) is 6.85. The van der Waals surface area contributed by atoms with Crippen molar-refractivity contribution in [2.24, 2.45) is 0 Å². The van der Waals surface area contributed by atoms with Gasteiger partial charge in [-0.15, -0.1) is 0 Å². The zero-order valence-corrected chi connectivity index (χ0v) is 16.3. The molecule has 1 N–H and O–H groups in total. The minimum atomic E-state index is -0.366. The van der Waals surface area contributed by atoms with Gasteiger partial charge in [0.25, 0.3) is 11.8 Å². The Hall–Kier alpha value is -3.10. The first-order valence-electron chi connectivity index (χ1n) is 9.41. The van der Waals surface area contributed by atoms with Crippen LogP contribution in [0.1, 0.15) is 41.9 Å². The van der Waals surface area contributed by atoms with Gasteiger partial charge in [-0.2, -0.15) is 0 Å². The summed E-state index contributed by atoms with van der Waals surface area (Å²) in [6, 6.07) is 5.31. The molecule has 9 nitrogen and oxygen atoms in total. The lowest BCUT2D eigenvalue weighted by Gasteiger charge is -2.33. The summed E-state index contributed by atoms with van der Waals surface area (Å²) in [5.41, 5.74) is 0.813. The molecular formula is C19H25N5O4. The third-order valence-electron chi connectivity index (χ3n) is 4.47. The van der Waals surface area contributed by atoms with Gasteiger partial charge < -0.3 is 19.9 Å². The standard InChI is InChI=1S/C19H25N5O4/c1-4-28-19(27)23-11-9-22(10-12-23)18(26)15-14-7-5-6-8-24(14)16(21-15)17(25)20-13(2)3/h5-8,13H,4,9-12H2,1-3H3,(H,20,25). The first kappa shape index (κ1) is 19.7. The molecule has 0 unspecified atom stereocenters. The van der Waals surface area contributed by atoms with Crippen LogP contribution in [0, 0.1) is 0 Å². The Morgan fingerprint density at radius 3 is 2.46 bits per heavy atom. The first-order chi connectivity index (χ1) is 13.4. The van der Waals surface area contributed by atoms with E-state index in [1.807, 2.05) is 13.8 Å². The lowest BCUT2D eigenvalue weighted by Crippen LogP contribution is -2.50. The Labute approximate surface area is 163 Å². The highest BCUT2D eigenvalue weighted by Gasteiger charge is 2.29. The average Bonchev–Trinajstić information content (AvgIpc) is 3.07. The Balaban J connectivity index is 1.81. The van der Waals surface area contributed by atoms with E-state index in [-0.39, 0.29) is 35.5 Å². The van der Waals surface area contributed by atoms with Crippen molar-refractivity contribution in [2.45, 2.75) is 26.8 Å². The van der Waals surface area contributed by atoms with Gasteiger partial charge in [0.15, 0.2) is 5.69 Å². The highest BCUT2D eigenvalue weighted by molar-refractivity contribution is 6.02. The molecule has 1 saturated heterocycles. The largest absolute Gasteiger partial charge is 0.450 e. The van der Waals surface area contributed by atoms with Gasteiger partial charge in [-0.3, -0.25) is 14.0 Å². The van der Waals surface area contributed by atoms with Gasteiger partial charge in [-0.05, 0) is 32.9 Å². The monoisotopic (exact) mass is 387 g/mol. The number of nitrogens with zero attached hydrogens (tertiary/aromatic N) is 4. The van der Waals surface area contributed by atoms with Crippen molar-refractivity contribution in [2.75, 3.05) is 32.8 Å². The zero-order valence-electron chi connectivity index (χ0n) is 16.3. The van der Waals surface area contributed by atoms with E-state index in [2.05, 4.69) is 10.3 Å². The first-order valence-corrected chi connectivity index (χ1v) is 9.41. The molecule has 3 amide bonds. The maximum Gasteiger partial charge on any atom is 0.409 e. The molecule has 150 valence electrons. The number of fused-ring (bicyclic) bond motifs is 1. The highest BCUT2D eigenvalue weighted by atomic mass is 16.6. The van der Waals surface area contributed by atoms with E-state index in [0.29, 0.717) is 38.3 Å². The molecule has 0 spiro atoms. The van der Waals surface area contributed by atoms with Gasteiger partial charge in [0, 0.05) is 38.4 Å². The number of pyridine rings is 1. The summed E-state index contributed by atoms with van der Waals surface area (Å²) in [6.45, 7) is 7.38. The summed E-state index contributed by atoms with van der Waals surface area (Å²) in [7, 11) is 0. The van der Waals surface area contributed by atoms with Crippen molar-refractivity contribution in [1.82, 2.24) is 24.5 Å². The molecule has 0 atom stereocenters. The van der Waals surface area contributed by atoms with Crippen molar-refractivity contribution in [1.29, 1.82) is 0 Å². The summed E-state index contributed by atoms with van der Waals surface area (Å²) in [5, 5.41) is 2.81. The maximum atomic E-state index is 13.1. The van der Waals surface area contributed by atoms with Crippen LogP contribution in [0.15, 0.2) is 24.4 Å². The van der Waals surface area contributed by atoms with Gasteiger partial charge in [0.05, 0.1) is 12.1 Å². The van der Waals surface area contributed by atoms with Crippen molar-refractivity contribution in [3.05, 3.63) is 35.9 Å². The minimum Gasteiger partial charge on any atom is -0.450 e. The number of carbonyl (C=O) groups excluding carboxylic acids is 3. The molecule has 1 fully saturated rings. The molecule has 3 rings (SSSR count). The molecular weight excluding hydrogens is 362 g/mol. The molecule has 1 aliphatic heterocycles. The van der Waals surface area contributed by atoms with E-state index >= 15 is 0 Å². The number of hydrogen-bond donors (Lipinski definition) is 1. The fourth-order valence-electron chi connectivity index (χ4n) is 3.14. The van der Waals surface area contributed by atoms with E-state index in [1.54, 1.807) is 45.5 Å². The molecule has 0 aromatic carbocycles. The predicted octanol–water partition coefficient (Wildman–Crippen LogP) is 1.39. The number of piperazine rings is 1. The molecule has 0 aliphatic carbocycles. The fourth-order valence-corrected chi connectivity index (χ4v) is 3.14. The van der Waals surface area contributed by atoms with Gasteiger partial charge in [-0.25, -0.2) is 9.78 Å². The Bertz CT molecular complexity index is 884. The number of carbonyl (C=O) groups is 3. The maximum absolute atomic E-state index is 13.1. The molecule has 1 aliphatic rings. The number of hydrogen-bond acceptors (Lipinski definition) is 5. The van der Waals surface area contributed by atoms with Crippen molar-refractivity contribution >= 4 is 23.4 Å². The molecule has 2 aromatic heterocycles. The zero-order chi connectivity index (χ0) is 20.3. The van der Waals surface area contributed by atoms with Crippen LogP contribution >= 0.6 is 0 Å². The smallest absolute Gasteiger partial charge is 0.409 e. The number of ether oxygens (including phenoxy) is 1. The lowest BCUT2D eigenvalue weighted by atomic mass is 10.2. The van der Waals surface area contributed by atoms with E-state index in [4.69, 9.17) is 4.74 Å². The van der Waals surface area contributed by atoms with Gasteiger partial charge in [-0.1, -0.05) is 6.07 Å². The Kier molecular flexibility index (Phi) is 5.81. The summed E-state index contributed by atoms with van der Waals surface area (Å²) < 4.78 is 6.63. The molecule has 2 aromatic rings. The van der Waals surface area contributed by atoms with Gasteiger partial charge in [0.1, 0.15) is 0 Å². The van der Waals surface area contributed by atoms with Crippen LogP contribution < -0.4 is 5.32 Å². The minimum absolute atomic E-state index is 0.0429. The molecule has 9 heteroatoms. The quantitative estimate of drug-likeness (QED) is 0.855. The van der Waals surface area contributed by atoms with E-state index in [1.165, 1.54) is 0 Å². The molecule has 3 heterocycles. The second-order valence-corrected chi connectivity index (χ2v) is 6.85. The fraction of sp³-hybridized carbons (Fsp3) is 0.474. The van der Waals surface area contributed by atoms with E-state index < -0.39 is 0 Å². The average molecular weight is 387 g/mol. The summed E-state index contributed by atoms with van der Waals surface area (Å²) in [4.78, 5) is 45.0. The third-order valence-corrected chi connectivity index (χ3v) is 4.47. The van der Waals surface area contributed by atoms with E-state index in [0.717, 1.165) is 0 Å². The Morgan fingerprint density at radius 2 is 1.82 bits per heavy atom. The van der Waals surface area contributed by atoms with Crippen LogP contribution in [-0.4, -0.2) is 75.9 Å². The van der Waals surface area contributed by atoms with Crippen LogP contribution in [0.4, 0.5) is 4.79 Å². The number of amides is 3. The highest BCUT2D eigenvalue weighted by Crippen LogP contribution is 2.17. The Morgan fingerprint density at radius 1 is 1.14 bits per heavy atom. The van der Waals surface area contributed by atoms with Crippen LogP contribution in [0.25, 0.3) is 5.52 Å². The second kappa shape index (κ2) is 8.28. The normalized spacial score (nSPS) is 14.4. The molecule has 0 radical (unpaired) electrons.